The third-order valence-electron chi connectivity index (χ3n) is 4.92. The third kappa shape index (κ3) is 5.36. The maximum atomic E-state index is 14.1. The number of anilines is 1. The molecule has 178 valence electrons. The van der Waals surface area contributed by atoms with Crippen molar-refractivity contribution in [1.82, 2.24) is 30.3 Å². The largest absolute Gasteiger partial charge is 0.352 e. The van der Waals surface area contributed by atoms with Gasteiger partial charge in [-0.25, -0.2) is 33.3 Å². The first-order valence-corrected chi connectivity index (χ1v) is 10.2. The molecular weight excluding hydrogens is 464 g/mol. The van der Waals surface area contributed by atoms with Gasteiger partial charge in [0.05, 0.1) is 29.6 Å². The van der Waals surface area contributed by atoms with Crippen LogP contribution in [0, 0.1) is 23.0 Å². The molecule has 1 aliphatic rings. The lowest BCUT2D eigenvalue weighted by atomic mass is 10.0. The highest BCUT2D eigenvalue weighted by Crippen LogP contribution is 2.29. The fourth-order valence-corrected chi connectivity index (χ4v) is 3.42. The normalized spacial score (nSPS) is 14.5. The van der Waals surface area contributed by atoms with Crippen LogP contribution in [0.5, 0.6) is 0 Å². The van der Waals surface area contributed by atoms with Crippen LogP contribution in [0.4, 0.5) is 19.5 Å². The van der Waals surface area contributed by atoms with E-state index in [1.54, 1.807) is 0 Å². The summed E-state index contributed by atoms with van der Waals surface area (Å²) in [5, 5.41) is 19.7. The minimum Gasteiger partial charge on any atom is -0.352 e. The second-order valence-electron chi connectivity index (χ2n) is 7.33. The predicted octanol–water partition coefficient (Wildman–Crippen LogP) is 1.22. The Labute approximate surface area is 195 Å². The molecule has 12 nitrogen and oxygen atoms in total. The van der Waals surface area contributed by atoms with Gasteiger partial charge in [-0.3, -0.25) is 9.78 Å². The van der Waals surface area contributed by atoms with Crippen LogP contribution in [-0.2, 0) is 0 Å². The SMILES string of the molecule is N#Cc1cc(F)cc([C@@H]2CC=NN2C(=O)NCCNc2ncc(F)c(-c3cc(=O)[nH]c(=O)[nH]3)n2)c1. The first kappa shape index (κ1) is 23.2. The Kier molecular flexibility index (Phi) is 6.58. The highest BCUT2D eigenvalue weighted by molar-refractivity contribution is 5.78. The number of urea groups is 1. The molecule has 0 saturated heterocycles. The average Bonchev–Trinajstić information content (AvgIpc) is 3.32. The molecule has 4 N–H and O–H groups in total. The first-order valence-electron chi connectivity index (χ1n) is 10.2. The highest BCUT2D eigenvalue weighted by Gasteiger charge is 2.28. The Morgan fingerprint density at radius 3 is 2.80 bits per heavy atom. The molecule has 0 aliphatic carbocycles. The molecule has 0 fully saturated rings. The Hall–Kier alpha value is -4.93. The van der Waals surface area contributed by atoms with Gasteiger partial charge in [0.1, 0.15) is 11.5 Å². The summed E-state index contributed by atoms with van der Waals surface area (Å²) in [5.41, 5.74) is -1.35. The minimum atomic E-state index is -0.847. The fraction of sp³-hybridized carbons (Fsp3) is 0.190. The van der Waals surface area contributed by atoms with Crippen molar-refractivity contribution in [3.63, 3.8) is 0 Å². The summed E-state index contributed by atoms with van der Waals surface area (Å²) in [7, 11) is 0. The Morgan fingerprint density at radius 2 is 2.03 bits per heavy atom. The summed E-state index contributed by atoms with van der Waals surface area (Å²) < 4.78 is 27.9. The maximum Gasteiger partial charge on any atom is 0.338 e. The summed E-state index contributed by atoms with van der Waals surface area (Å²) in [6.07, 6.45) is 2.75. The maximum absolute atomic E-state index is 14.1. The van der Waals surface area contributed by atoms with Gasteiger partial charge in [-0.1, -0.05) is 0 Å². The van der Waals surface area contributed by atoms with E-state index in [2.05, 4.69) is 30.7 Å². The van der Waals surface area contributed by atoms with E-state index in [1.165, 1.54) is 18.3 Å². The molecule has 2 aromatic heterocycles. The number of nitrogens with one attached hydrogen (secondary N) is 4. The molecule has 35 heavy (non-hydrogen) atoms. The van der Waals surface area contributed by atoms with E-state index in [9.17, 15) is 23.2 Å². The molecule has 14 heteroatoms. The molecule has 0 unspecified atom stereocenters. The molecule has 3 heterocycles. The fourth-order valence-electron chi connectivity index (χ4n) is 3.42. The number of aromatic nitrogens is 4. The van der Waals surface area contributed by atoms with E-state index in [4.69, 9.17) is 5.26 Å². The topological polar surface area (TPSA) is 172 Å². The molecule has 1 atom stereocenters. The van der Waals surface area contributed by atoms with E-state index in [0.29, 0.717) is 12.0 Å². The molecule has 1 aromatic carbocycles. The standard InChI is InChI=1S/C21H17F2N9O3/c22-13-6-11(9-24)5-12(7-13)16-1-2-28-32(16)21(35)26-4-3-25-19-27-10-14(23)18(31-19)15-8-17(33)30-20(34)29-15/h2,5-8,10,16H,1,3-4H2,(H,26,35)(H,25,27,31)(H2,29,30,33,34)/t16-/m0/s1. The number of halogens is 2. The van der Waals surface area contributed by atoms with Crippen molar-refractivity contribution in [1.29, 1.82) is 5.26 Å². The number of amides is 2. The van der Waals surface area contributed by atoms with E-state index >= 15 is 0 Å². The summed E-state index contributed by atoms with van der Waals surface area (Å²) in [6.45, 7) is 0.242. The number of hydrogen-bond acceptors (Lipinski definition) is 8. The zero-order valence-corrected chi connectivity index (χ0v) is 17.9. The predicted molar refractivity (Wildman–Crippen MR) is 119 cm³/mol. The molecule has 0 spiro atoms. The second kappa shape index (κ2) is 9.91. The monoisotopic (exact) mass is 481 g/mol. The zero-order valence-electron chi connectivity index (χ0n) is 17.9. The summed E-state index contributed by atoms with van der Waals surface area (Å²) in [5.74, 6) is -1.43. The molecule has 3 aromatic rings. The average molecular weight is 481 g/mol. The van der Waals surface area contributed by atoms with E-state index < -0.39 is 35.0 Å². The lowest BCUT2D eigenvalue weighted by molar-refractivity contribution is 0.186. The van der Waals surface area contributed by atoms with Crippen molar-refractivity contribution < 1.29 is 13.6 Å². The number of carbonyl (C=O) groups is 1. The lowest BCUT2D eigenvalue weighted by Gasteiger charge is -2.22. The Morgan fingerprint density at radius 1 is 1.20 bits per heavy atom. The number of carbonyl (C=O) groups excluding carboxylic acids is 1. The van der Waals surface area contributed by atoms with Gasteiger partial charge in [-0.05, 0) is 23.8 Å². The van der Waals surface area contributed by atoms with Gasteiger partial charge in [0.25, 0.3) is 5.56 Å². The molecule has 4 rings (SSSR count). The minimum absolute atomic E-state index is 0.00218. The van der Waals surface area contributed by atoms with Crippen LogP contribution in [0.2, 0.25) is 0 Å². The number of hydrazone groups is 1. The number of aromatic amines is 2. The summed E-state index contributed by atoms with van der Waals surface area (Å²) in [4.78, 5) is 47.6. The number of H-pyrrole nitrogens is 2. The van der Waals surface area contributed by atoms with Gasteiger partial charge < -0.3 is 15.6 Å². The number of hydrogen-bond donors (Lipinski definition) is 4. The van der Waals surface area contributed by atoms with Crippen molar-refractivity contribution in [2.24, 2.45) is 5.10 Å². The van der Waals surface area contributed by atoms with Crippen molar-refractivity contribution in [3.05, 3.63) is 74.1 Å². The van der Waals surface area contributed by atoms with Crippen molar-refractivity contribution in [2.75, 3.05) is 18.4 Å². The van der Waals surface area contributed by atoms with Gasteiger partial charge in [0, 0.05) is 31.8 Å². The molecule has 0 radical (unpaired) electrons. The van der Waals surface area contributed by atoms with Crippen LogP contribution >= 0.6 is 0 Å². The van der Waals surface area contributed by atoms with Gasteiger partial charge in [-0.2, -0.15) is 10.4 Å². The molecule has 2 amide bonds. The number of benzene rings is 1. The zero-order chi connectivity index (χ0) is 24.9. The van der Waals surface area contributed by atoms with Gasteiger partial charge in [-0.15, -0.1) is 0 Å². The highest BCUT2D eigenvalue weighted by atomic mass is 19.1. The number of nitrogens with zero attached hydrogens (tertiary/aromatic N) is 5. The van der Waals surface area contributed by atoms with Crippen molar-refractivity contribution in [3.8, 4) is 17.5 Å². The van der Waals surface area contributed by atoms with Crippen molar-refractivity contribution in [2.45, 2.75) is 12.5 Å². The van der Waals surface area contributed by atoms with Crippen LogP contribution in [-0.4, -0.2) is 50.3 Å². The molecule has 0 bridgehead atoms. The van der Waals surface area contributed by atoms with E-state index in [-0.39, 0.29) is 36.0 Å². The third-order valence-corrected chi connectivity index (χ3v) is 4.92. The lowest BCUT2D eigenvalue weighted by Crippen LogP contribution is -2.39. The molecule has 1 aliphatic heterocycles. The Balaban J connectivity index is 1.37. The van der Waals surface area contributed by atoms with Crippen LogP contribution in [0.1, 0.15) is 23.6 Å². The van der Waals surface area contributed by atoms with E-state index in [0.717, 1.165) is 23.3 Å². The van der Waals surface area contributed by atoms with Crippen molar-refractivity contribution >= 4 is 18.2 Å². The first-order chi connectivity index (χ1) is 16.8. The van der Waals surface area contributed by atoms with Gasteiger partial charge in [0.2, 0.25) is 5.95 Å². The van der Waals surface area contributed by atoms with Crippen LogP contribution in [0.25, 0.3) is 11.4 Å². The smallest absolute Gasteiger partial charge is 0.338 e. The summed E-state index contributed by atoms with van der Waals surface area (Å²) >= 11 is 0. The van der Waals surface area contributed by atoms with E-state index in [1.807, 2.05) is 11.1 Å². The van der Waals surface area contributed by atoms with Gasteiger partial charge >= 0.3 is 11.7 Å². The summed E-state index contributed by atoms with van der Waals surface area (Å²) in [6, 6.07) is 5.61. The van der Waals surface area contributed by atoms with Crippen LogP contribution in [0.3, 0.4) is 0 Å². The quantitative estimate of drug-likeness (QED) is 0.383. The van der Waals surface area contributed by atoms with Crippen LogP contribution in [0.15, 0.2) is 45.2 Å². The Bertz CT molecular complexity index is 1430. The number of rotatable bonds is 6. The number of nitriles is 1. The second-order valence-corrected chi connectivity index (χ2v) is 7.33. The van der Waals surface area contributed by atoms with Crippen LogP contribution < -0.4 is 21.9 Å². The van der Waals surface area contributed by atoms with Gasteiger partial charge in [0.15, 0.2) is 5.82 Å². The molecule has 0 saturated carbocycles. The molecular formula is C21H17F2N9O3.